The number of benzene rings is 1. The number of ether oxygens (including phenoxy) is 1. The fraction of sp³-hybridized carbons (Fsp3) is 0.273. The van der Waals surface area contributed by atoms with E-state index in [1.807, 2.05) is 37.3 Å². The van der Waals surface area contributed by atoms with Gasteiger partial charge in [-0.25, -0.2) is 9.97 Å². The SMILES string of the molecule is CC(=O)N1CCN(C(=O)c2cc(Oc3cnc(Nc4ccccn4)s3)ccc2C)CC1. The second kappa shape index (κ2) is 9.13. The predicted octanol–water partition coefficient (Wildman–Crippen LogP) is 3.69. The van der Waals surface area contributed by atoms with Crippen LogP contribution in [0.5, 0.6) is 10.8 Å². The van der Waals surface area contributed by atoms with Gasteiger partial charge in [-0.3, -0.25) is 9.59 Å². The average Bonchev–Trinajstić information content (AvgIpc) is 3.22. The maximum Gasteiger partial charge on any atom is 0.254 e. The topological polar surface area (TPSA) is 87.7 Å². The molecule has 1 fully saturated rings. The molecule has 4 rings (SSSR count). The molecule has 1 aromatic carbocycles. The zero-order chi connectivity index (χ0) is 21.8. The van der Waals surface area contributed by atoms with E-state index in [4.69, 9.17) is 4.74 Å². The highest BCUT2D eigenvalue weighted by atomic mass is 32.1. The minimum absolute atomic E-state index is 0.0418. The molecule has 0 aliphatic carbocycles. The van der Waals surface area contributed by atoms with Crippen molar-refractivity contribution >= 4 is 34.1 Å². The molecule has 1 aliphatic heterocycles. The van der Waals surface area contributed by atoms with Crippen molar-refractivity contribution < 1.29 is 14.3 Å². The van der Waals surface area contributed by atoms with E-state index < -0.39 is 0 Å². The van der Waals surface area contributed by atoms with E-state index in [2.05, 4.69) is 15.3 Å². The van der Waals surface area contributed by atoms with Gasteiger partial charge < -0.3 is 19.9 Å². The van der Waals surface area contributed by atoms with Crippen molar-refractivity contribution in [3.63, 3.8) is 0 Å². The van der Waals surface area contributed by atoms with Crippen LogP contribution in [0.2, 0.25) is 0 Å². The number of carbonyl (C=O) groups is 2. The van der Waals surface area contributed by atoms with Crippen LogP contribution in [0.1, 0.15) is 22.8 Å². The quantitative estimate of drug-likeness (QED) is 0.655. The van der Waals surface area contributed by atoms with Gasteiger partial charge in [-0.1, -0.05) is 23.5 Å². The van der Waals surface area contributed by atoms with Crippen molar-refractivity contribution in [2.45, 2.75) is 13.8 Å². The highest BCUT2D eigenvalue weighted by Gasteiger charge is 2.24. The molecule has 9 heteroatoms. The summed E-state index contributed by atoms with van der Waals surface area (Å²) in [6.07, 6.45) is 3.34. The number of nitrogens with one attached hydrogen (secondary N) is 1. The van der Waals surface area contributed by atoms with Crippen molar-refractivity contribution in [3.05, 3.63) is 59.9 Å². The summed E-state index contributed by atoms with van der Waals surface area (Å²) in [7, 11) is 0. The smallest absolute Gasteiger partial charge is 0.254 e. The monoisotopic (exact) mass is 437 g/mol. The predicted molar refractivity (Wildman–Crippen MR) is 119 cm³/mol. The van der Waals surface area contributed by atoms with Gasteiger partial charge in [0.25, 0.3) is 5.91 Å². The molecular formula is C22H23N5O3S. The maximum absolute atomic E-state index is 13.0. The molecule has 1 aliphatic rings. The van der Waals surface area contributed by atoms with Crippen LogP contribution >= 0.6 is 11.3 Å². The summed E-state index contributed by atoms with van der Waals surface area (Å²) in [6, 6.07) is 11.1. The van der Waals surface area contributed by atoms with Crippen LogP contribution < -0.4 is 10.1 Å². The Labute approximate surface area is 184 Å². The Morgan fingerprint density at radius 1 is 1.06 bits per heavy atom. The molecular weight excluding hydrogens is 414 g/mol. The number of amides is 2. The number of anilines is 2. The van der Waals surface area contributed by atoms with Crippen molar-refractivity contribution in [1.29, 1.82) is 0 Å². The van der Waals surface area contributed by atoms with E-state index in [9.17, 15) is 9.59 Å². The Morgan fingerprint density at radius 2 is 1.84 bits per heavy atom. The first-order valence-corrected chi connectivity index (χ1v) is 10.8. The average molecular weight is 438 g/mol. The minimum atomic E-state index is -0.0482. The molecule has 1 N–H and O–H groups in total. The molecule has 3 aromatic rings. The van der Waals surface area contributed by atoms with E-state index in [0.29, 0.717) is 53.5 Å². The molecule has 2 amide bonds. The van der Waals surface area contributed by atoms with Gasteiger partial charge in [-0.15, -0.1) is 0 Å². The number of pyridine rings is 1. The molecule has 0 radical (unpaired) electrons. The van der Waals surface area contributed by atoms with Crippen molar-refractivity contribution in [1.82, 2.24) is 19.8 Å². The first-order chi connectivity index (χ1) is 15.0. The lowest BCUT2D eigenvalue weighted by atomic mass is 10.1. The number of hydrogen-bond donors (Lipinski definition) is 1. The first-order valence-electron chi connectivity index (χ1n) is 9.97. The van der Waals surface area contributed by atoms with Crippen LogP contribution in [-0.4, -0.2) is 57.8 Å². The lowest BCUT2D eigenvalue weighted by Gasteiger charge is -2.34. The highest BCUT2D eigenvalue weighted by molar-refractivity contribution is 7.17. The van der Waals surface area contributed by atoms with Gasteiger partial charge in [-0.05, 0) is 36.8 Å². The highest BCUT2D eigenvalue weighted by Crippen LogP contribution is 2.32. The number of aryl methyl sites for hydroxylation is 1. The molecule has 1 saturated heterocycles. The van der Waals surface area contributed by atoms with E-state index in [1.165, 1.54) is 11.3 Å². The summed E-state index contributed by atoms with van der Waals surface area (Å²) < 4.78 is 5.95. The van der Waals surface area contributed by atoms with Gasteiger partial charge in [0.15, 0.2) is 5.13 Å². The molecule has 0 atom stereocenters. The lowest BCUT2D eigenvalue weighted by Crippen LogP contribution is -2.50. The zero-order valence-electron chi connectivity index (χ0n) is 17.4. The number of thiazole rings is 1. The third-order valence-corrected chi connectivity index (χ3v) is 5.85. The van der Waals surface area contributed by atoms with Crippen molar-refractivity contribution in [2.24, 2.45) is 0 Å². The van der Waals surface area contributed by atoms with Crippen LogP contribution in [-0.2, 0) is 4.79 Å². The third-order valence-electron chi connectivity index (χ3n) is 5.05. The molecule has 31 heavy (non-hydrogen) atoms. The molecule has 0 saturated carbocycles. The van der Waals surface area contributed by atoms with Crippen LogP contribution in [0.3, 0.4) is 0 Å². The standard InChI is InChI=1S/C22H23N5O3S/c1-15-6-7-17(13-18(15)21(29)27-11-9-26(10-12-27)16(2)28)30-20-14-24-22(31-20)25-19-5-3-4-8-23-19/h3-8,13-14H,9-12H2,1-2H3,(H,23,24,25). The number of aromatic nitrogens is 2. The summed E-state index contributed by atoms with van der Waals surface area (Å²) in [5.41, 5.74) is 1.48. The molecule has 0 bridgehead atoms. The van der Waals surface area contributed by atoms with E-state index >= 15 is 0 Å². The van der Waals surface area contributed by atoms with Gasteiger partial charge >= 0.3 is 0 Å². The van der Waals surface area contributed by atoms with Crippen LogP contribution in [0, 0.1) is 6.92 Å². The van der Waals surface area contributed by atoms with E-state index in [-0.39, 0.29) is 11.8 Å². The zero-order valence-corrected chi connectivity index (χ0v) is 18.2. The van der Waals surface area contributed by atoms with Crippen LogP contribution in [0.4, 0.5) is 10.9 Å². The third kappa shape index (κ3) is 5.00. The normalized spacial score (nSPS) is 13.7. The summed E-state index contributed by atoms with van der Waals surface area (Å²) in [4.78, 5) is 36.6. The Kier molecular flexibility index (Phi) is 6.13. The lowest BCUT2D eigenvalue weighted by molar-refractivity contribution is -0.130. The van der Waals surface area contributed by atoms with E-state index in [1.54, 1.807) is 35.2 Å². The largest absolute Gasteiger partial charge is 0.445 e. The Hall–Kier alpha value is -3.46. The van der Waals surface area contributed by atoms with Crippen molar-refractivity contribution in [3.8, 4) is 10.8 Å². The molecule has 0 unspecified atom stereocenters. The number of hydrogen-bond acceptors (Lipinski definition) is 7. The van der Waals surface area contributed by atoms with Crippen molar-refractivity contribution in [2.75, 3.05) is 31.5 Å². The first kappa shape index (κ1) is 20.8. The van der Waals surface area contributed by atoms with Gasteiger partial charge in [0, 0.05) is 44.9 Å². The summed E-state index contributed by atoms with van der Waals surface area (Å²) in [5.74, 6) is 1.27. The molecule has 160 valence electrons. The summed E-state index contributed by atoms with van der Waals surface area (Å²) in [6.45, 7) is 5.64. The van der Waals surface area contributed by atoms with Crippen LogP contribution in [0.25, 0.3) is 0 Å². The number of carbonyl (C=O) groups excluding carboxylic acids is 2. The number of nitrogens with zero attached hydrogens (tertiary/aromatic N) is 4. The van der Waals surface area contributed by atoms with E-state index in [0.717, 1.165) is 5.56 Å². The Bertz CT molecular complexity index is 1080. The minimum Gasteiger partial charge on any atom is -0.445 e. The Balaban J connectivity index is 1.43. The number of piperazine rings is 1. The number of rotatable bonds is 5. The summed E-state index contributed by atoms with van der Waals surface area (Å²) >= 11 is 1.35. The maximum atomic E-state index is 13.0. The molecule has 0 spiro atoms. The second-order valence-corrected chi connectivity index (χ2v) is 8.19. The Morgan fingerprint density at radius 3 is 2.55 bits per heavy atom. The van der Waals surface area contributed by atoms with Gasteiger partial charge in [-0.2, -0.15) is 0 Å². The fourth-order valence-electron chi connectivity index (χ4n) is 3.32. The second-order valence-electron chi connectivity index (χ2n) is 7.20. The molecule has 2 aromatic heterocycles. The molecule has 8 nitrogen and oxygen atoms in total. The summed E-state index contributed by atoms with van der Waals surface area (Å²) in [5, 5.41) is 4.41. The van der Waals surface area contributed by atoms with Gasteiger partial charge in [0.1, 0.15) is 11.6 Å². The van der Waals surface area contributed by atoms with Gasteiger partial charge in [0.2, 0.25) is 11.0 Å². The molecule has 3 heterocycles. The van der Waals surface area contributed by atoms with Gasteiger partial charge in [0.05, 0.1) is 6.20 Å². The fourth-order valence-corrected chi connectivity index (χ4v) is 4.01. The van der Waals surface area contributed by atoms with Crippen LogP contribution in [0.15, 0.2) is 48.8 Å².